The maximum atomic E-state index is 12.9. The lowest BCUT2D eigenvalue weighted by Gasteiger charge is -2.18. The number of carbonyl (C=O) groups excluding carboxylic acids is 3. The van der Waals surface area contributed by atoms with Crippen molar-refractivity contribution in [3.63, 3.8) is 0 Å². The van der Waals surface area contributed by atoms with Gasteiger partial charge in [0, 0.05) is 19.5 Å². The summed E-state index contributed by atoms with van der Waals surface area (Å²) in [5.41, 5.74) is 2.53. The smallest absolute Gasteiger partial charge is 0.253 e. The summed E-state index contributed by atoms with van der Waals surface area (Å²) >= 11 is 6.22. The van der Waals surface area contributed by atoms with Crippen LogP contribution in [0.4, 0.5) is 11.4 Å². The first-order chi connectivity index (χ1) is 16.0. The van der Waals surface area contributed by atoms with E-state index >= 15 is 0 Å². The summed E-state index contributed by atoms with van der Waals surface area (Å²) in [5.74, 6) is -1.26. The van der Waals surface area contributed by atoms with Gasteiger partial charge in [0.1, 0.15) is 0 Å². The van der Waals surface area contributed by atoms with E-state index in [2.05, 4.69) is 10.6 Å². The fraction of sp³-hybridized carbons (Fsp3) is 0.192. The number of hydrogen-bond acceptors (Lipinski definition) is 3. The van der Waals surface area contributed by atoms with E-state index in [-0.39, 0.29) is 30.7 Å². The van der Waals surface area contributed by atoms with Crippen molar-refractivity contribution in [2.45, 2.75) is 12.8 Å². The summed E-state index contributed by atoms with van der Waals surface area (Å²) in [7, 11) is 0. The average Bonchev–Trinajstić information content (AvgIpc) is 3.22. The topological polar surface area (TPSA) is 78.5 Å². The number of anilines is 2. The van der Waals surface area contributed by atoms with Gasteiger partial charge in [-0.15, -0.1) is 0 Å². The molecule has 0 aromatic heterocycles. The van der Waals surface area contributed by atoms with Crippen LogP contribution in [0.15, 0.2) is 78.9 Å². The number of nitrogens with zero attached hydrogens (tertiary/aromatic N) is 1. The second kappa shape index (κ2) is 10.3. The molecule has 0 spiro atoms. The van der Waals surface area contributed by atoms with Crippen LogP contribution in [0.3, 0.4) is 0 Å². The quantitative estimate of drug-likeness (QED) is 0.550. The van der Waals surface area contributed by atoms with Crippen molar-refractivity contribution in [2.24, 2.45) is 5.92 Å². The Balaban J connectivity index is 1.39. The van der Waals surface area contributed by atoms with Crippen molar-refractivity contribution < 1.29 is 14.4 Å². The van der Waals surface area contributed by atoms with Crippen molar-refractivity contribution in [1.82, 2.24) is 5.32 Å². The second-order valence-electron chi connectivity index (χ2n) is 7.88. The molecule has 1 atom stereocenters. The third-order valence-electron chi connectivity index (χ3n) is 5.61. The number of rotatable bonds is 7. The van der Waals surface area contributed by atoms with E-state index in [1.54, 1.807) is 48.5 Å². The Morgan fingerprint density at radius 1 is 0.939 bits per heavy atom. The Labute approximate surface area is 197 Å². The number of carbonyl (C=O) groups is 3. The molecule has 7 heteroatoms. The largest absolute Gasteiger partial charge is 0.352 e. The van der Waals surface area contributed by atoms with Gasteiger partial charge in [0.2, 0.25) is 11.8 Å². The summed E-state index contributed by atoms with van der Waals surface area (Å²) in [6.07, 6.45) is 0.797. The first-order valence-corrected chi connectivity index (χ1v) is 11.2. The second-order valence-corrected chi connectivity index (χ2v) is 8.29. The van der Waals surface area contributed by atoms with Crippen LogP contribution >= 0.6 is 11.6 Å². The molecule has 1 fully saturated rings. The molecule has 1 aliphatic rings. The van der Waals surface area contributed by atoms with Gasteiger partial charge < -0.3 is 15.5 Å². The lowest BCUT2D eigenvalue weighted by Crippen LogP contribution is -2.30. The molecule has 0 radical (unpaired) electrons. The van der Waals surface area contributed by atoms with Gasteiger partial charge >= 0.3 is 0 Å². The van der Waals surface area contributed by atoms with Crippen molar-refractivity contribution in [2.75, 3.05) is 23.3 Å². The molecule has 6 nitrogen and oxygen atoms in total. The van der Waals surface area contributed by atoms with Crippen LogP contribution < -0.4 is 15.5 Å². The molecule has 2 N–H and O–H groups in total. The predicted octanol–water partition coefficient (Wildman–Crippen LogP) is 4.30. The van der Waals surface area contributed by atoms with Gasteiger partial charge in [-0.25, -0.2) is 0 Å². The molecule has 0 unspecified atom stereocenters. The Hall–Kier alpha value is -3.64. The molecule has 0 bridgehead atoms. The molecular weight excluding hydrogens is 438 g/mol. The average molecular weight is 462 g/mol. The van der Waals surface area contributed by atoms with Gasteiger partial charge in [0.15, 0.2) is 0 Å². The summed E-state index contributed by atoms with van der Waals surface area (Å²) in [5, 5.41) is 6.20. The minimum atomic E-state index is -0.539. The van der Waals surface area contributed by atoms with E-state index in [9.17, 15) is 14.4 Å². The molecule has 3 aromatic rings. The van der Waals surface area contributed by atoms with E-state index < -0.39 is 5.92 Å². The fourth-order valence-electron chi connectivity index (χ4n) is 3.87. The third kappa shape index (κ3) is 5.41. The van der Waals surface area contributed by atoms with Crippen molar-refractivity contribution in [3.8, 4) is 0 Å². The first kappa shape index (κ1) is 22.6. The lowest BCUT2D eigenvalue weighted by molar-refractivity contribution is -0.122. The van der Waals surface area contributed by atoms with Gasteiger partial charge in [-0.3, -0.25) is 14.4 Å². The van der Waals surface area contributed by atoms with Gasteiger partial charge in [-0.05, 0) is 36.2 Å². The highest BCUT2D eigenvalue weighted by atomic mass is 35.5. The standard InChI is InChI=1S/C26H24ClN3O3/c27-21-11-5-7-13-23(21)30-17-19(16-24(30)31)25(32)29-22-12-6-4-10-20(22)26(33)28-15-14-18-8-2-1-3-9-18/h1-13,19H,14-17H2,(H,28,33)(H,29,32)/t19-/m1/s1. The molecule has 1 heterocycles. The molecule has 0 aliphatic carbocycles. The number of nitrogens with one attached hydrogen (secondary N) is 2. The molecule has 3 aromatic carbocycles. The SMILES string of the molecule is O=C(NCCc1ccccc1)c1ccccc1NC(=O)[C@@H]1CC(=O)N(c2ccccc2Cl)C1. The van der Waals surface area contributed by atoms with Crippen molar-refractivity contribution >= 4 is 40.7 Å². The van der Waals surface area contributed by atoms with Gasteiger partial charge in [-0.2, -0.15) is 0 Å². The third-order valence-corrected chi connectivity index (χ3v) is 5.93. The van der Waals surface area contributed by atoms with E-state index in [0.29, 0.717) is 34.9 Å². The Bertz CT molecular complexity index is 1170. The predicted molar refractivity (Wildman–Crippen MR) is 129 cm³/mol. The zero-order chi connectivity index (χ0) is 23.2. The first-order valence-electron chi connectivity index (χ1n) is 10.8. The van der Waals surface area contributed by atoms with Crippen LogP contribution in [0.25, 0.3) is 0 Å². The molecular formula is C26H24ClN3O3. The molecule has 3 amide bonds. The molecule has 168 valence electrons. The molecule has 1 saturated heterocycles. The molecule has 33 heavy (non-hydrogen) atoms. The van der Waals surface area contributed by atoms with E-state index in [1.807, 2.05) is 30.3 Å². The van der Waals surface area contributed by atoms with Gasteiger partial charge in [-0.1, -0.05) is 66.2 Å². The number of amides is 3. The Morgan fingerprint density at radius 3 is 2.42 bits per heavy atom. The highest BCUT2D eigenvalue weighted by Gasteiger charge is 2.36. The maximum Gasteiger partial charge on any atom is 0.253 e. The number of halogens is 1. The Morgan fingerprint density at radius 2 is 1.64 bits per heavy atom. The number of hydrogen-bond donors (Lipinski definition) is 2. The minimum absolute atomic E-state index is 0.0858. The Kier molecular flexibility index (Phi) is 7.05. The van der Waals surface area contributed by atoms with Crippen molar-refractivity contribution in [1.29, 1.82) is 0 Å². The number of benzene rings is 3. The fourth-order valence-corrected chi connectivity index (χ4v) is 4.11. The normalized spacial score (nSPS) is 15.4. The lowest BCUT2D eigenvalue weighted by atomic mass is 10.1. The van der Waals surface area contributed by atoms with Crippen LogP contribution in [0, 0.1) is 5.92 Å². The van der Waals surface area contributed by atoms with E-state index in [4.69, 9.17) is 11.6 Å². The van der Waals surface area contributed by atoms with Gasteiger partial charge in [0.05, 0.1) is 27.9 Å². The van der Waals surface area contributed by atoms with Gasteiger partial charge in [0.25, 0.3) is 5.91 Å². The molecule has 4 rings (SSSR count). The van der Waals surface area contributed by atoms with Crippen LogP contribution in [0.2, 0.25) is 5.02 Å². The van der Waals surface area contributed by atoms with Crippen LogP contribution in [0.1, 0.15) is 22.3 Å². The number of para-hydroxylation sites is 2. The zero-order valence-electron chi connectivity index (χ0n) is 18.0. The minimum Gasteiger partial charge on any atom is -0.352 e. The van der Waals surface area contributed by atoms with E-state index in [1.165, 1.54) is 4.90 Å². The summed E-state index contributed by atoms with van der Waals surface area (Å²) in [6.45, 7) is 0.717. The van der Waals surface area contributed by atoms with E-state index in [0.717, 1.165) is 5.56 Å². The monoisotopic (exact) mass is 461 g/mol. The molecule has 0 saturated carbocycles. The molecule has 1 aliphatic heterocycles. The van der Waals surface area contributed by atoms with Crippen molar-refractivity contribution in [3.05, 3.63) is 95.0 Å². The van der Waals surface area contributed by atoms with Crippen LogP contribution in [0.5, 0.6) is 0 Å². The summed E-state index contributed by atoms with van der Waals surface area (Å²) in [6, 6.07) is 23.8. The maximum absolute atomic E-state index is 12.9. The van der Waals surface area contributed by atoms with Crippen LogP contribution in [-0.2, 0) is 16.0 Å². The summed E-state index contributed by atoms with van der Waals surface area (Å²) < 4.78 is 0. The summed E-state index contributed by atoms with van der Waals surface area (Å²) in [4.78, 5) is 39.8. The highest BCUT2D eigenvalue weighted by Crippen LogP contribution is 2.31. The van der Waals surface area contributed by atoms with Crippen LogP contribution in [-0.4, -0.2) is 30.8 Å². The zero-order valence-corrected chi connectivity index (χ0v) is 18.7. The highest BCUT2D eigenvalue weighted by molar-refractivity contribution is 6.34.